The molecule has 0 aliphatic carbocycles. The van der Waals surface area contributed by atoms with Gasteiger partial charge in [0.25, 0.3) is 0 Å². The van der Waals surface area contributed by atoms with E-state index in [1.807, 2.05) is 0 Å². The smallest absolute Gasteiger partial charge is 0.337 e. The van der Waals surface area contributed by atoms with Gasteiger partial charge in [0, 0.05) is 6.61 Å². The van der Waals surface area contributed by atoms with Crippen molar-refractivity contribution >= 4 is 11.9 Å². The second-order valence-electron chi connectivity index (χ2n) is 5.53. The van der Waals surface area contributed by atoms with E-state index in [-0.39, 0.29) is 12.6 Å². The Morgan fingerprint density at radius 1 is 1.00 bits per heavy atom. The topological polar surface area (TPSA) is 91.3 Å². The summed E-state index contributed by atoms with van der Waals surface area (Å²) in [4.78, 5) is 22.0. The molecule has 0 saturated heterocycles. The molecule has 1 N–H and O–H groups in total. The summed E-state index contributed by atoms with van der Waals surface area (Å²) in [5, 5.41) is 8.46. The average molecular weight is 334 g/mol. The van der Waals surface area contributed by atoms with Gasteiger partial charge in [-0.05, 0) is 34.1 Å². The van der Waals surface area contributed by atoms with Crippen LogP contribution in [0, 0.1) is 0 Å². The second-order valence-corrected chi connectivity index (χ2v) is 5.53. The molecular formula is C16H30O7. The van der Waals surface area contributed by atoms with Crippen molar-refractivity contribution in [2.75, 3.05) is 34.0 Å². The minimum atomic E-state index is -0.913. The predicted octanol–water partition coefficient (Wildman–Crippen LogP) is 1.48. The van der Waals surface area contributed by atoms with Crippen molar-refractivity contribution in [1.82, 2.24) is 0 Å². The fourth-order valence-electron chi connectivity index (χ4n) is 1.27. The van der Waals surface area contributed by atoms with Crippen molar-refractivity contribution in [3.8, 4) is 0 Å². The largest absolute Gasteiger partial charge is 0.467 e. The number of aliphatic hydroxyl groups is 1. The van der Waals surface area contributed by atoms with Crippen LogP contribution in [-0.4, -0.2) is 62.3 Å². The van der Waals surface area contributed by atoms with Crippen LogP contribution in [0.3, 0.4) is 0 Å². The molecule has 0 aromatic carbocycles. The summed E-state index contributed by atoms with van der Waals surface area (Å²) >= 11 is 0. The standard InChI is InChI=1S/C8H16O4.C8H14O3/c1-8(2,7(10)11-3)12-6-4-5-9;1-5-6-11-8(2,3)7(9)10-4/h9H,4-6H2,1-3H3;5H,1,6H2,2-4H3. The van der Waals surface area contributed by atoms with Gasteiger partial charge in [-0.3, -0.25) is 0 Å². The zero-order valence-corrected chi connectivity index (χ0v) is 15.0. The molecule has 0 spiro atoms. The lowest BCUT2D eigenvalue weighted by atomic mass is 10.1. The van der Waals surface area contributed by atoms with Crippen LogP contribution < -0.4 is 0 Å². The van der Waals surface area contributed by atoms with E-state index in [9.17, 15) is 9.59 Å². The third-order valence-electron chi connectivity index (χ3n) is 2.68. The maximum Gasteiger partial charge on any atom is 0.337 e. The van der Waals surface area contributed by atoms with Gasteiger partial charge in [-0.25, -0.2) is 9.59 Å². The molecule has 0 bridgehead atoms. The van der Waals surface area contributed by atoms with Gasteiger partial charge in [-0.15, -0.1) is 6.58 Å². The number of ether oxygens (including phenoxy) is 4. The molecule has 0 heterocycles. The Labute approximate surface area is 138 Å². The van der Waals surface area contributed by atoms with Crippen LogP contribution in [-0.2, 0) is 28.5 Å². The fraction of sp³-hybridized carbons (Fsp3) is 0.750. The van der Waals surface area contributed by atoms with Crippen LogP contribution in [0.4, 0.5) is 0 Å². The second kappa shape index (κ2) is 12.0. The molecular weight excluding hydrogens is 304 g/mol. The highest BCUT2D eigenvalue weighted by Crippen LogP contribution is 2.11. The summed E-state index contributed by atoms with van der Waals surface area (Å²) in [5.74, 6) is -0.778. The van der Waals surface area contributed by atoms with Crippen molar-refractivity contribution in [3.63, 3.8) is 0 Å². The highest BCUT2D eigenvalue weighted by atomic mass is 16.6. The van der Waals surface area contributed by atoms with E-state index < -0.39 is 17.2 Å². The summed E-state index contributed by atoms with van der Waals surface area (Å²) in [6.07, 6.45) is 2.12. The van der Waals surface area contributed by atoms with Crippen LogP contribution in [0.2, 0.25) is 0 Å². The summed E-state index contributed by atoms with van der Waals surface area (Å²) < 4.78 is 19.4. The van der Waals surface area contributed by atoms with Crippen LogP contribution in [0.1, 0.15) is 34.1 Å². The summed E-state index contributed by atoms with van der Waals surface area (Å²) in [6, 6.07) is 0. The van der Waals surface area contributed by atoms with E-state index in [1.165, 1.54) is 14.2 Å². The van der Waals surface area contributed by atoms with Crippen LogP contribution in [0.25, 0.3) is 0 Å². The Balaban J connectivity index is 0. The average Bonchev–Trinajstić information content (AvgIpc) is 2.51. The molecule has 0 aromatic heterocycles. The lowest BCUT2D eigenvalue weighted by Crippen LogP contribution is -2.36. The molecule has 0 fully saturated rings. The van der Waals surface area contributed by atoms with Crippen molar-refractivity contribution in [2.24, 2.45) is 0 Å². The zero-order valence-electron chi connectivity index (χ0n) is 15.0. The van der Waals surface area contributed by atoms with E-state index >= 15 is 0 Å². The lowest BCUT2D eigenvalue weighted by Gasteiger charge is -2.21. The predicted molar refractivity (Wildman–Crippen MR) is 86.0 cm³/mol. The first-order chi connectivity index (χ1) is 10.6. The van der Waals surface area contributed by atoms with Crippen LogP contribution in [0.5, 0.6) is 0 Å². The molecule has 0 rings (SSSR count). The highest BCUT2D eigenvalue weighted by Gasteiger charge is 2.29. The summed E-state index contributed by atoms with van der Waals surface area (Å²) in [5.41, 5.74) is -1.78. The minimum absolute atomic E-state index is 0.0667. The number of methoxy groups -OCH3 is 2. The van der Waals surface area contributed by atoms with E-state index in [4.69, 9.17) is 14.6 Å². The molecule has 0 atom stereocenters. The molecule has 7 heteroatoms. The molecule has 0 radical (unpaired) electrons. The molecule has 136 valence electrons. The van der Waals surface area contributed by atoms with E-state index in [0.29, 0.717) is 19.6 Å². The molecule has 0 aromatic rings. The number of hydrogen-bond donors (Lipinski definition) is 1. The van der Waals surface area contributed by atoms with Gasteiger partial charge in [-0.1, -0.05) is 6.08 Å². The van der Waals surface area contributed by atoms with Crippen molar-refractivity contribution in [2.45, 2.75) is 45.3 Å². The van der Waals surface area contributed by atoms with Crippen LogP contribution in [0.15, 0.2) is 12.7 Å². The van der Waals surface area contributed by atoms with Gasteiger partial charge >= 0.3 is 11.9 Å². The maximum absolute atomic E-state index is 11.0. The number of hydrogen-bond acceptors (Lipinski definition) is 7. The maximum atomic E-state index is 11.0. The third-order valence-corrected chi connectivity index (χ3v) is 2.68. The molecule has 0 unspecified atom stereocenters. The first kappa shape index (κ1) is 23.8. The number of carbonyl (C=O) groups is 2. The van der Waals surface area contributed by atoms with Crippen LogP contribution >= 0.6 is 0 Å². The van der Waals surface area contributed by atoms with Gasteiger partial charge in [0.1, 0.15) is 0 Å². The SMILES string of the molecule is C=CCOC(C)(C)C(=O)OC.COC(=O)C(C)(C)OCCCO. The molecule has 0 aliphatic rings. The minimum Gasteiger partial charge on any atom is -0.467 e. The normalized spacial score (nSPS) is 11.1. The third kappa shape index (κ3) is 10.8. The van der Waals surface area contributed by atoms with Gasteiger partial charge in [0.05, 0.1) is 27.4 Å². The van der Waals surface area contributed by atoms with E-state index in [2.05, 4.69) is 16.1 Å². The Kier molecular flexibility index (Phi) is 12.5. The number of esters is 2. The van der Waals surface area contributed by atoms with Gasteiger partial charge in [0.15, 0.2) is 11.2 Å². The molecule has 7 nitrogen and oxygen atoms in total. The summed E-state index contributed by atoms with van der Waals surface area (Å²) in [6.45, 7) is 10.8. The van der Waals surface area contributed by atoms with Gasteiger partial charge in [0.2, 0.25) is 0 Å². The Morgan fingerprint density at radius 3 is 1.78 bits per heavy atom. The Bertz CT molecular complexity index is 361. The number of carbonyl (C=O) groups excluding carboxylic acids is 2. The Morgan fingerprint density at radius 2 is 1.43 bits per heavy atom. The highest BCUT2D eigenvalue weighted by molar-refractivity contribution is 5.78. The fourth-order valence-corrected chi connectivity index (χ4v) is 1.27. The molecule has 0 saturated carbocycles. The van der Waals surface area contributed by atoms with Gasteiger partial charge in [-0.2, -0.15) is 0 Å². The molecule has 0 amide bonds. The first-order valence-electron chi connectivity index (χ1n) is 7.25. The summed E-state index contributed by atoms with van der Waals surface area (Å²) in [7, 11) is 2.65. The molecule has 23 heavy (non-hydrogen) atoms. The van der Waals surface area contributed by atoms with Crippen molar-refractivity contribution in [1.29, 1.82) is 0 Å². The van der Waals surface area contributed by atoms with E-state index in [1.54, 1.807) is 33.8 Å². The quantitative estimate of drug-likeness (QED) is 0.388. The lowest BCUT2D eigenvalue weighted by molar-refractivity contribution is -0.165. The van der Waals surface area contributed by atoms with Crippen molar-refractivity contribution < 1.29 is 33.6 Å². The Hall–Kier alpha value is -1.44. The van der Waals surface area contributed by atoms with Crippen molar-refractivity contribution in [3.05, 3.63) is 12.7 Å². The molecule has 0 aliphatic heterocycles. The van der Waals surface area contributed by atoms with Gasteiger partial charge < -0.3 is 24.1 Å². The van der Waals surface area contributed by atoms with E-state index in [0.717, 1.165) is 0 Å². The monoisotopic (exact) mass is 334 g/mol. The first-order valence-corrected chi connectivity index (χ1v) is 7.25. The number of aliphatic hydroxyl groups excluding tert-OH is 1. The zero-order chi connectivity index (χ0) is 18.5. The number of rotatable bonds is 9.